The number of hydrogen-bond acceptors (Lipinski definition) is 3. The lowest BCUT2D eigenvalue weighted by Gasteiger charge is -2.26. The highest BCUT2D eigenvalue weighted by Gasteiger charge is 2.15. The summed E-state index contributed by atoms with van der Waals surface area (Å²) in [4.78, 5) is 2.35. The van der Waals surface area contributed by atoms with Crippen molar-refractivity contribution in [1.29, 1.82) is 0 Å². The van der Waals surface area contributed by atoms with E-state index in [2.05, 4.69) is 4.90 Å². The van der Waals surface area contributed by atoms with E-state index >= 15 is 0 Å². The van der Waals surface area contributed by atoms with Gasteiger partial charge >= 0.3 is 0 Å². The Bertz CT molecular complexity index is 525. The molecule has 0 spiro atoms. The van der Waals surface area contributed by atoms with E-state index in [1.807, 2.05) is 0 Å². The van der Waals surface area contributed by atoms with Crippen molar-refractivity contribution < 1.29 is 8.42 Å². The lowest BCUT2D eigenvalue weighted by atomic mass is 10.1. The molecular weight excluding hydrogens is 272 g/mol. The van der Waals surface area contributed by atoms with Gasteiger partial charge in [0, 0.05) is 6.54 Å². The molecule has 100 valence electrons. The standard InChI is InChI=1S/C12H17ClN2O2S/c13-11-8-10(4-5-12(11)18(14,16)17)9-15-6-2-1-3-7-15/h4-5,8H,1-3,6-7,9H2,(H2,14,16,17). The van der Waals surface area contributed by atoms with Gasteiger partial charge in [0.15, 0.2) is 0 Å². The first-order valence-electron chi connectivity index (χ1n) is 6.00. The third kappa shape index (κ3) is 3.45. The molecule has 0 radical (unpaired) electrons. The van der Waals surface area contributed by atoms with E-state index < -0.39 is 10.0 Å². The van der Waals surface area contributed by atoms with Crippen LogP contribution in [-0.2, 0) is 16.6 Å². The van der Waals surface area contributed by atoms with Crippen LogP contribution < -0.4 is 5.14 Å². The Hall–Kier alpha value is -0.620. The van der Waals surface area contributed by atoms with Crippen LogP contribution in [0.15, 0.2) is 23.1 Å². The molecule has 6 heteroatoms. The third-order valence-corrected chi connectivity index (χ3v) is 4.55. The highest BCUT2D eigenvalue weighted by molar-refractivity contribution is 7.89. The maximum Gasteiger partial charge on any atom is 0.239 e. The molecule has 0 aromatic heterocycles. The van der Waals surface area contributed by atoms with Crippen LogP contribution in [0.4, 0.5) is 0 Å². The molecule has 0 aliphatic carbocycles. The molecular formula is C12H17ClN2O2S. The summed E-state index contributed by atoms with van der Waals surface area (Å²) in [6.07, 6.45) is 3.74. The monoisotopic (exact) mass is 288 g/mol. The second-order valence-electron chi connectivity index (χ2n) is 4.65. The van der Waals surface area contributed by atoms with Gasteiger partial charge in [-0.2, -0.15) is 0 Å². The van der Waals surface area contributed by atoms with Crippen molar-refractivity contribution in [2.75, 3.05) is 13.1 Å². The number of halogens is 1. The Morgan fingerprint density at radius 2 is 1.89 bits per heavy atom. The van der Waals surface area contributed by atoms with Gasteiger partial charge in [-0.25, -0.2) is 13.6 Å². The minimum Gasteiger partial charge on any atom is -0.299 e. The molecule has 1 aromatic rings. The van der Waals surface area contributed by atoms with Crippen LogP contribution in [0.3, 0.4) is 0 Å². The second-order valence-corrected chi connectivity index (χ2v) is 6.58. The minimum absolute atomic E-state index is 0.00781. The highest BCUT2D eigenvalue weighted by atomic mass is 35.5. The van der Waals surface area contributed by atoms with Gasteiger partial charge in [0.2, 0.25) is 10.0 Å². The number of nitrogens with two attached hydrogens (primary N) is 1. The van der Waals surface area contributed by atoms with Crippen LogP contribution >= 0.6 is 11.6 Å². The van der Waals surface area contributed by atoms with E-state index in [0.29, 0.717) is 0 Å². The predicted molar refractivity (Wildman–Crippen MR) is 72.0 cm³/mol. The minimum atomic E-state index is -3.73. The van der Waals surface area contributed by atoms with Gasteiger partial charge in [0.05, 0.1) is 5.02 Å². The van der Waals surface area contributed by atoms with Gasteiger partial charge in [-0.05, 0) is 43.6 Å². The number of hydrogen-bond donors (Lipinski definition) is 1. The molecule has 18 heavy (non-hydrogen) atoms. The van der Waals surface area contributed by atoms with Crippen LogP contribution in [0.1, 0.15) is 24.8 Å². The molecule has 1 heterocycles. The Morgan fingerprint density at radius 3 is 2.44 bits per heavy atom. The Labute approximate surface area is 113 Å². The predicted octanol–water partition coefficient (Wildman–Crippen LogP) is 1.97. The summed E-state index contributed by atoms with van der Waals surface area (Å²) in [5.41, 5.74) is 1.02. The quantitative estimate of drug-likeness (QED) is 0.925. The van der Waals surface area contributed by atoms with Crippen molar-refractivity contribution >= 4 is 21.6 Å². The zero-order valence-corrected chi connectivity index (χ0v) is 11.7. The molecule has 0 saturated carbocycles. The number of likely N-dealkylation sites (tertiary alicyclic amines) is 1. The largest absolute Gasteiger partial charge is 0.299 e. The smallest absolute Gasteiger partial charge is 0.239 e. The van der Waals surface area contributed by atoms with Crippen molar-refractivity contribution in [2.45, 2.75) is 30.7 Å². The molecule has 2 N–H and O–H groups in total. The van der Waals surface area contributed by atoms with Crippen molar-refractivity contribution in [3.63, 3.8) is 0 Å². The molecule has 0 bridgehead atoms. The zero-order chi connectivity index (χ0) is 13.2. The summed E-state index contributed by atoms with van der Waals surface area (Å²) in [6.45, 7) is 2.99. The first kappa shape index (κ1) is 13.8. The van der Waals surface area contributed by atoms with E-state index in [4.69, 9.17) is 16.7 Å². The number of rotatable bonds is 3. The van der Waals surface area contributed by atoms with Gasteiger partial charge in [-0.1, -0.05) is 24.1 Å². The van der Waals surface area contributed by atoms with E-state index in [1.54, 1.807) is 12.1 Å². The average Bonchev–Trinajstić information content (AvgIpc) is 2.28. The summed E-state index contributed by atoms with van der Waals surface area (Å²) in [5, 5.41) is 5.27. The first-order valence-corrected chi connectivity index (χ1v) is 7.93. The Balaban J connectivity index is 2.13. The van der Waals surface area contributed by atoms with E-state index in [-0.39, 0.29) is 9.92 Å². The molecule has 1 aliphatic heterocycles. The normalized spacial score (nSPS) is 17.9. The lowest BCUT2D eigenvalue weighted by Crippen LogP contribution is -2.29. The average molecular weight is 289 g/mol. The number of benzene rings is 1. The van der Waals surface area contributed by atoms with Crippen LogP contribution in [0.5, 0.6) is 0 Å². The molecule has 2 rings (SSSR count). The fraction of sp³-hybridized carbons (Fsp3) is 0.500. The summed E-state index contributed by atoms with van der Waals surface area (Å²) >= 11 is 5.95. The SMILES string of the molecule is NS(=O)(=O)c1ccc(CN2CCCCC2)cc1Cl. The van der Waals surface area contributed by atoms with Crippen LogP contribution in [0.2, 0.25) is 5.02 Å². The van der Waals surface area contributed by atoms with E-state index in [1.165, 1.54) is 25.3 Å². The molecule has 1 saturated heterocycles. The van der Waals surface area contributed by atoms with Gasteiger partial charge in [0.25, 0.3) is 0 Å². The summed E-state index contributed by atoms with van der Waals surface area (Å²) in [6, 6.07) is 4.95. The number of nitrogens with zero attached hydrogens (tertiary/aromatic N) is 1. The van der Waals surface area contributed by atoms with Gasteiger partial charge in [-0.15, -0.1) is 0 Å². The summed E-state index contributed by atoms with van der Waals surface area (Å²) < 4.78 is 22.5. The highest BCUT2D eigenvalue weighted by Crippen LogP contribution is 2.23. The van der Waals surface area contributed by atoms with Crippen LogP contribution in [0, 0.1) is 0 Å². The topological polar surface area (TPSA) is 63.4 Å². The molecule has 1 aromatic carbocycles. The summed E-state index contributed by atoms with van der Waals surface area (Å²) in [7, 11) is -3.73. The lowest BCUT2D eigenvalue weighted by molar-refractivity contribution is 0.221. The zero-order valence-electron chi connectivity index (χ0n) is 10.1. The van der Waals surface area contributed by atoms with Crippen LogP contribution in [-0.4, -0.2) is 26.4 Å². The number of primary sulfonamides is 1. The number of piperidine rings is 1. The molecule has 4 nitrogen and oxygen atoms in total. The van der Waals surface area contributed by atoms with Crippen molar-refractivity contribution in [1.82, 2.24) is 4.90 Å². The Kier molecular flexibility index (Phi) is 4.27. The third-order valence-electron chi connectivity index (χ3n) is 3.16. The molecule has 1 fully saturated rings. The molecule has 0 amide bonds. The fourth-order valence-corrected chi connectivity index (χ4v) is 3.36. The molecule has 0 atom stereocenters. The van der Waals surface area contributed by atoms with Gasteiger partial charge < -0.3 is 0 Å². The van der Waals surface area contributed by atoms with E-state index in [9.17, 15) is 8.42 Å². The maximum absolute atomic E-state index is 11.2. The fourth-order valence-electron chi connectivity index (χ4n) is 2.25. The maximum atomic E-state index is 11.2. The molecule has 0 unspecified atom stereocenters. The van der Waals surface area contributed by atoms with Crippen molar-refractivity contribution in [3.8, 4) is 0 Å². The van der Waals surface area contributed by atoms with Crippen molar-refractivity contribution in [3.05, 3.63) is 28.8 Å². The number of sulfonamides is 1. The molecule has 1 aliphatic rings. The van der Waals surface area contributed by atoms with Crippen LogP contribution in [0.25, 0.3) is 0 Å². The first-order chi connectivity index (χ1) is 8.47. The van der Waals surface area contributed by atoms with Gasteiger partial charge in [0.1, 0.15) is 4.90 Å². The Morgan fingerprint density at radius 1 is 1.22 bits per heavy atom. The summed E-state index contributed by atoms with van der Waals surface area (Å²) in [5.74, 6) is 0. The van der Waals surface area contributed by atoms with E-state index in [0.717, 1.165) is 25.2 Å². The van der Waals surface area contributed by atoms with Crippen molar-refractivity contribution in [2.24, 2.45) is 5.14 Å². The second kappa shape index (κ2) is 5.57. The van der Waals surface area contributed by atoms with Gasteiger partial charge in [-0.3, -0.25) is 4.90 Å².